The van der Waals surface area contributed by atoms with Gasteiger partial charge in [-0.2, -0.15) is 0 Å². The Morgan fingerprint density at radius 3 is 2.54 bits per heavy atom. The molecule has 2 aromatic rings. The molecule has 9 heteroatoms. The van der Waals surface area contributed by atoms with E-state index in [1.807, 2.05) is 0 Å². The lowest BCUT2D eigenvalue weighted by Crippen LogP contribution is -2.47. The molecule has 1 aliphatic heterocycles. The molecule has 1 aromatic carbocycles. The molecular weight excluding hydrogens is 379 g/mol. The van der Waals surface area contributed by atoms with Crippen molar-refractivity contribution < 1.29 is 14.1 Å². The molecule has 3 amide bonds. The summed E-state index contributed by atoms with van der Waals surface area (Å²) in [6.45, 7) is 3.40. The number of aromatic nitrogens is 1. The molecule has 0 radical (unpaired) electrons. The minimum atomic E-state index is -0.798. The summed E-state index contributed by atoms with van der Waals surface area (Å²) >= 11 is 12.6. The van der Waals surface area contributed by atoms with Gasteiger partial charge in [0.15, 0.2) is 5.82 Å². The Kier molecular flexibility index (Phi) is 4.93. The molecule has 1 atom stereocenters. The van der Waals surface area contributed by atoms with E-state index in [9.17, 15) is 9.59 Å². The third-order valence-electron chi connectivity index (χ3n) is 4.16. The predicted octanol–water partition coefficient (Wildman–Crippen LogP) is 3.90. The van der Waals surface area contributed by atoms with Gasteiger partial charge >= 0.3 is 6.03 Å². The lowest BCUT2D eigenvalue weighted by Gasteiger charge is -2.34. The molecule has 3 rings (SSSR count). The molecule has 0 saturated carbocycles. The van der Waals surface area contributed by atoms with Crippen LogP contribution >= 0.6 is 23.2 Å². The maximum atomic E-state index is 12.9. The first-order valence-corrected chi connectivity index (χ1v) is 8.48. The molecule has 1 aromatic heterocycles. The van der Waals surface area contributed by atoms with Crippen LogP contribution in [0.5, 0.6) is 0 Å². The van der Waals surface area contributed by atoms with E-state index in [-0.39, 0.29) is 11.8 Å². The molecule has 26 heavy (non-hydrogen) atoms. The van der Waals surface area contributed by atoms with Crippen LogP contribution in [0.3, 0.4) is 0 Å². The van der Waals surface area contributed by atoms with Gasteiger partial charge in [0.25, 0.3) is 5.91 Å². The highest BCUT2D eigenvalue weighted by Crippen LogP contribution is 2.38. The number of urea groups is 1. The summed E-state index contributed by atoms with van der Waals surface area (Å²) in [6.07, 6.45) is 0. The van der Waals surface area contributed by atoms with Gasteiger partial charge in [-0.1, -0.05) is 34.4 Å². The zero-order chi connectivity index (χ0) is 19.0. The first-order valence-electron chi connectivity index (χ1n) is 7.73. The highest BCUT2D eigenvalue weighted by molar-refractivity contribution is 6.36. The Hall–Kier alpha value is -2.51. The van der Waals surface area contributed by atoms with Crippen molar-refractivity contribution in [3.05, 3.63) is 56.9 Å². The molecule has 0 spiro atoms. The van der Waals surface area contributed by atoms with Crippen LogP contribution in [-0.2, 0) is 4.79 Å². The van der Waals surface area contributed by atoms with Crippen LogP contribution in [0.25, 0.3) is 0 Å². The zero-order valence-corrected chi connectivity index (χ0v) is 15.8. The van der Waals surface area contributed by atoms with Gasteiger partial charge in [0, 0.05) is 34.4 Å². The van der Waals surface area contributed by atoms with Crippen molar-refractivity contribution in [2.24, 2.45) is 0 Å². The number of hydrogen-bond donors (Lipinski definition) is 2. The Balaban J connectivity index is 2.07. The maximum absolute atomic E-state index is 12.9. The number of carbonyl (C=O) groups is 2. The van der Waals surface area contributed by atoms with E-state index in [0.717, 1.165) is 0 Å². The van der Waals surface area contributed by atoms with Crippen molar-refractivity contribution in [1.82, 2.24) is 15.4 Å². The second-order valence-corrected chi connectivity index (χ2v) is 6.67. The summed E-state index contributed by atoms with van der Waals surface area (Å²) in [6, 6.07) is 5.43. The summed E-state index contributed by atoms with van der Waals surface area (Å²) in [5.74, 6) is 0.394. The molecular formula is C17H16Cl2N4O3. The van der Waals surface area contributed by atoms with Gasteiger partial charge in [0.05, 0.1) is 11.6 Å². The van der Waals surface area contributed by atoms with E-state index in [1.54, 1.807) is 45.2 Å². The summed E-state index contributed by atoms with van der Waals surface area (Å²) < 4.78 is 4.96. The van der Waals surface area contributed by atoms with Crippen molar-refractivity contribution in [2.75, 3.05) is 12.4 Å². The van der Waals surface area contributed by atoms with Crippen molar-refractivity contribution in [3.63, 3.8) is 0 Å². The monoisotopic (exact) mass is 394 g/mol. The summed E-state index contributed by atoms with van der Waals surface area (Å²) in [5, 5.41) is 9.90. The third kappa shape index (κ3) is 3.27. The van der Waals surface area contributed by atoms with E-state index < -0.39 is 11.9 Å². The summed E-state index contributed by atoms with van der Waals surface area (Å²) in [4.78, 5) is 26.6. The summed E-state index contributed by atoms with van der Waals surface area (Å²) in [5.41, 5.74) is 1.24. The average Bonchev–Trinajstić information content (AvgIpc) is 2.97. The van der Waals surface area contributed by atoms with Gasteiger partial charge in [-0.15, -0.1) is 0 Å². The van der Waals surface area contributed by atoms with Crippen LogP contribution in [0.4, 0.5) is 10.6 Å². The van der Waals surface area contributed by atoms with Crippen LogP contribution in [0, 0.1) is 6.92 Å². The average molecular weight is 395 g/mol. The van der Waals surface area contributed by atoms with E-state index >= 15 is 0 Å². The first kappa shape index (κ1) is 18.3. The first-order chi connectivity index (χ1) is 12.3. The molecule has 0 unspecified atom stereocenters. The van der Waals surface area contributed by atoms with Gasteiger partial charge in [0.1, 0.15) is 5.76 Å². The number of nitrogens with one attached hydrogen (secondary N) is 2. The third-order valence-corrected chi connectivity index (χ3v) is 4.82. The van der Waals surface area contributed by atoms with Gasteiger partial charge in [0.2, 0.25) is 0 Å². The standard InChI is InChI=1S/C17H16Cl2N4O3/c1-8-7-12(22-26-8)20-16(24)13-9(2)23(3)17(25)21-15(13)14-10(18)5-4-6-11(14)19/h4-7,15H,1-3H3,(H,21,25)(H,20,22,24)/t15-/m0/s1. The second-order valence-electron chi connectivity index (χ2n) is 5.85. The van der Waals surface area contributed by atoms with Gasteiger partial charge in [-0.25, -0.2) is 4.79 Å². The van der Waals surface area contributed by atoms with Crippen LogP contribution < -0.4 is 10.6 Å². The maximum Gasteiger partial charge on any atom is 0.322 e. The van der Waals surface area contributed by atoms with Crippen LogP contribution in [0.15, 0.2) is 40.1 Å². The topological polar surface area (TPSA) is 87.5 Å². The SMILES string of the molecule is CC1=C(C(=O)Nc2cc(C)on2)[C@@H](c2c(Cl)cccc2Cl)NC(=O)N1C. The van der Waals surface area contributed by atoms with Crippen molar-refractivity contribution >= 4 is 41.0 Å². The molecule has 7 nitrogen and oxygen atoms in total. The van der Waals surface area contributed by atoms with Crippen molar-refractivity contribution in [1.29, 1.82) is 0 Å². The Labute approximate surface area is 159 Å². The number of nitrogens with zero attached hydrogens (tertiary/aromatic N) is 2. The van der Waals surface area contributed by atoms with Crippen LogP contribution in [0.2, 0.25) is 10.0 Å². The Morgan fingerprint density at radius 2 is 1.96 bits per heavy atom. The minimum absolute atomic E-state index is 0.274. The molecule has 0 aliphatic carbocycles. The lowest BCUT2D eigenvalue weighted by atomic mass is 9.94. The molecule has 136 valence electrons. The highest BCUT2D eigenvalue weighted by Gasteiger charge is 2.36. The number of anilines is 1. The van der Waals surface area contributed by atoms with Gasteiger partial charge in [-0.05, 0) is 26.0 Å². The minimum Gasteiger partial charge on any atom is -0.360 e. The number of hydrogen-bond acceptors (Lipinski definition) is 4. The number of aryl methyl sites for hydroxylation is 1. The largest absolute Gasteiger partial charge is 0.360 e. The highest BCUT2D eigenvalue weighted by atomic mass is 35.5. The Bertz CT molecular complexity index is 902. The van der Waals surface area contributed by atoms with E-state index in [1.165, 1.54) is 4.90 Å². The number of amides is 3. The molecule has 0 fully saturated rings. The lowest BCUT2D eigenvalue weighted by molar-refractivity contribution is -0.113. The zero-order valence-electron chi connectivity index (χ0n) is 14.3. The van der Waals surface area contributed by atoms with E-state index in [2.05, 4.69) is 15.8 Å². The van der Waals surface area contributed by atoms with E-state index in [4.69, 9.17) is 27.7 Å². The van der Waals surface area contributed by atoms with E-state index in [0.29, 0.717) is 32.6 Å². The van der Waals surface area contributed by atoms with Crippen LogP contribution in [0.1, 0.15) is 24.3 Å². The van der Waals surface area contributed by atoms with Gasteiger partial charge < -0.3 is 20.1 Å². The molecule has 2 N–H and O–H groups in total. The molecule has 1 aliphatic rings. The number of rotatable bonds is 3. The Morgan fingerprint density at radius 1 is 1.31 bits per heavy atom. The molecule has 2 heterocycles. The second kappa shape index (κ2) is 7.01. The fourth-order valence-corrected chi connectivity index (χ4v) is 3.36. The van der Waals surface area contributed by atoms with Crippen molar-refractivity contribution in [2.45, 2.75) is 19.9 Å². The molecule has 0 saturated heterocycles. The summed E-state index contributed by atoms with van der Waals surface area (Å²) in [7, 11) is 1.57. The smallest absolute Gasteiger partial charge is 0.322 e. The fourth-order valence-electron chi connectivity index (χ4n) is 2.74. The number of allylic oxidation sites excluding steroid dienone is 1. The quantitative estimate of drug-likeness (QED) is 0.825. The number of benzene rings is 1. The molecule has 0 bridgehead atoms. The number of carbonyl (C=O) groups excluding carboxylic acids is 2. The number of halogens is 2. The fraction of sp³-hybridized carbons (Fsp3) is 0.235. The van der Waals surface area contributed by atoms with Crippen molar-refractivity contribution in [3.8, 4) is 0 Å². The predicted molar refractivity (Wildman–Crippen MR) is 98.1 cm³/mol. The van der Waals surface area contributed by atoms with Gasteiger partial charge in [-0.3, -0.25) is 4.79 Å². The van der Waals surface area contributed by atoms with Crippen LogP contribution in [-0.4, -0.2) is 29.0 Å². The normalized spacial score (nSPS) is 17.3.